The molecule has 0 saturated heterocycles. The zero-order valence-electron chi connectivity index (χ0n) is 10.8. The topological polar surface area (TPSA) is 43.8 Å². The summed E-state index contributed by atoms with van der Waals surface area (Å²) >= 11 is 3.19. The summed E-state index contributed by atoms with van der Waals surface area (Å²) in [6.07, 6.45) is 5.51. The van der Waals surface area contributed by atoms with Gasteiger partial charge in [0.2, 0.25) is 0 Å². The third kappa shape index (κ3) is 3.88. The molecule has 1 heterocycles. The first-order valence-corrected chi connectivity index (χ1v) is 7.08. The van der Waals surface area contributed by atoms with Crippen LogP contribution >= 0.6 is 15.9 Å². The first kappa shape index (κ1) is 14.2. The van der Waals surface area contributed by atoms with Crippen molar-refractivity contribution in [2.24, 2.45) is 5.73 Å². The van der Waals surface area contributed by atoms with Crippen LogP contribution in [0.15, 0.2) is 35.2 Å². The van der Waals surface area contributed by atoms with Crippen molar-refractivity contribution in [3.8, 4) is 0 Å². The lowest BCUT2D eigenvalue weighted by Gasteiger charge is -2.05. The fourth-order valence-corrected chi connectivity index (χ4v) is 2.29. The first-order valence-electron chi connectivity index (χ1n) is 6.28. The molecule has 1 aromatic carbocycles. The minimum Gasteiger partial charge on any atom is -0.333 e. The molecule has 0 amide bonds. The maximum atomic E-state index is 13.1. The van der Waals surface area contributed by atoms with Crippen LogP contribution in [0.4, 0.5) is 4.39 Å². The van der Waals surface area contributed by atoms with Gasteiger partial charge in [-0.2, -0.15) is 0 Å². The van der Waals surface area contributed by atoms with E-state index in [2.05, 4.69) is 27.8 Å². The summed E-state index contributed by atoms with van der Waals surface area (Å²) in [6.45, 7) is 2.74. The number of hydrogen-bond acceptors (Lipinski definition) is 2. The van der Waals surface area contributed by atoms with Gasteiger partial charge < -0.3 is 10.3 Å². The summed E-state index contributed by atoms with van der Waals surface area (Å²) in [5.74, 6) is -0.246. The molecule has 3 nitrogen and oxygen atoms in total. The molecule has 0 saturated carbocycles. The van der Waals surface area contributed by atoms with Gasteiger partial charge in [0.05, 0.1) is 16.5 Å². The molecule has 0 fully saturated rings. The Morgan fingerprint density at radius 1 is 1.47 bits per heavy atom. The molecule has 5 heteroatoms. The molecule has 0 radical (unpaired) electrons. The SMILES string of the molecule is CCC(N)Cc1cn(Cc2ccc(F)c(Br)c2)cn1. The molecule has 0 spiro atoms. The zero-order chi connectivity index (χ0) is 13.8. The quantitative estimate of drug-likeness (QED) is 0.917. The minimum absolute atomic E-state index is 0.156. The molecule has 0 aliphatic heterocycles. The molecule has 19 heavy (non-hydrogen) atoms. The molecule has 2 aromatic rings. The van der Waals surface area contributed by atoms with E-state index in [9.17, 15) is 4.39 Å². The summed E-state index contributed by atoms with van der Waals surface area (Å²) in [4.78, 5) is 4.34. The Balaban J connectivity index is 2.05. The second-order valence-electron chi connectivity index (χ2n) is 4.66. The second kappa shape index (κ2) is 6.30. The van der Waals surface area contributed by atoms with Crippen molar-refractivity contribution < 1.29 is 4.39 Å². The van der Waals surface area contributed by atoms with Crippen molar-refractivity contribution >= 4 is 15.9 Å². The summed E-state index contributed by atoms with van der Waals surface area (Å²) in [6, 6.07) is 5.18. The zero-order valence-corrected chi connectivity index (χ0v) is 12.4. The van der Waals surface area contributed by atoms with Crippen LogP contribution in [-0.2, 0) is 13.0 Å². The van der Waals surface area contributed by atoms with Crippen LogP contribution in [0.5, 0.6) is 0 Å². The molecule has 0 aliphatic carbocycles. The monoisotopic (exact) mass is 325 g/mol. The van der Waals surface area contributed by atoms with Gasteiger partial charge in [0.25, 0.3) is 0 Å². The van der Waals surface area contributed by atoms with E-state index >= 15 is 0 Å². The van der Waals surface area contributed by atoms with E-state index in [1.165, 1.54) is 6.07 Å². The molecule has 2 rings (SSSR count). The number of nitrogens with zero attached hydrogens (tertiary/aromatic N) is 2. The lowest BCUT2D eigenvalue weighted by atomic mass is 10.1. The molecule has 0 bridgehead atoms. The van der Waals surface area contributed by atoms with E-state index in [1.807, 2.05) is 10.8 Å². The second-order valence-corrected chi connectivity index (χ2v) is 5.51. The Hall–Kier alpha value is -1.20. The van der Waals surface area contributed by atoms with Crippen molar-refractivity contribution in [3.63, 3.8) is 0 Å². The first-order chi connectivity index (χ1) is 9.08. The smallest absolute Gasteiger partial charge is 0.137 e. The van der Waals surface area contributed by atoms with Gasteiger partial charge in [-0.3, -0.25) is 0 Å². The Morgan fingerprint density at radius 3 is 2.95 bits per heavy atom. The van der Waals surface area contributed by atoms with Crippen molar-refractivity contribution in [1.29, 1.82) is 0 Å². The third-order valence-corrected chi connectivity index (χ3v) is 3.64. The maximum Gasteiger partial charge on any atom is 0.137 e. The van der Waals surface area contributed by atoms with Crippen LogP contribution in [0, 0.1) is 5.82 Å². The van der Waals surface area contributed by atoms with Crippen LogP contribution in [0.2, 0.25) is 0 Å². The standard InChI is InChI=1S/C14H17BrFN3/c1-2-11(17)6-12-8-19(9-18-12)7-10-3-4-14(16)13(15)5-10/h3-5,8-9,11H,2,6-7,17H2,1H3. The van der Waals surface area contributed by atoms with E-state index < -0.39 is 0 Å². The lowest BCUT2D eigenvalue weighted by Crippen LogP contribution is -2.21. The van der Waals surface area contributed by atoms with E-state index in [1.54, 1.807) is 18.5 Å². The number of nitrogens with two attached hydrogens (primary N) is 1. The highest BCUT2D eigenvalue weighted by molar-refractivity contribution is 9.10. The van der Waals surface area contributed by atoms with Gasteiger partial charge in [0.1, 0.15) is 5.82 Å². The molecule has 102 valence electrons. The molecular formula is C14H17BrFN3. The Labute approximate surface area is 120 Å². The predicted octanol–water partition coefficient (Wildman–Crippen LogP) is 3.11. The fourth-order valence-electron chi connectivity index (χ4n) is 1.86. The largest absolute Gasteiger partial charge is 0.333 e. The highest BCUT2D eigenvalue weighted by Gasteiger charge is 2.06. The van der Waals surface area contributed by atoms with Gasteiger partial charge in [-0.15, -0.1) is 0 Å². The third-order valence-electron chi connectivity index (χ3n) is 3.03. The lowest BCUT2D eigenvalue weighted by molar-refractivity contribution is 0.619. The molecule has 2 N–H and O–H groups in total. The van der Waals surface area contributed by atoms with E-state index in [-0.39, 0.29) is 11.9 Å². The van der Waals surface area contributed by atoms with Gasteiger partial charge in [-0.1, -0.05) is 13.0 Å². The summed E-state index contributed by atoms with van der Waals surface area (Å²) in [5, 5.41) is 0. The van der Waals surface area contributed by atoms with Crippen LogP contribution in [0.3, 0.4) is 0 Å². The number of aromatic nitrogens is 2. The highest BCUT2D eigenvalue weighted by atomic mass is 79.9. The van der Waals surface area contributed by atoms with Gasteiger partial charge in [0.15, 0.2) is 0 Å². The van der Waals surface area contributed by atoms with Crippen LogP contribution in [0.25, 0.3) is 0 Å². The fraction of sp³-hybridized carbons (Fsp3) is 0.357. The van der Waals surface area contributed by atoms with E-state index in [4.69, 9.17) is 5.73 Å². The van der Waals surface area contributed by atoms with E-state index in [0.717, 1.165) is 24.1 Å². The minimum atomic E-state index is -0.246. The van der Waals surface area contributed by atoms with Crippen LogP contribution < -0.4 is 5.73 Å². The Kier molecular flexibility index (Phi) is 4.71. The van der Waals surface area contributed by atoms with Crippen molar-refractivity contribution in [2.75, 3.05) is 0 Å². The number of hydrogen-bond donors (Lipinski definition) is 1. The molecule has 1 aromatic heterocycles. The van der Waals surface area contributed by atoms with Gasteiger partial charge in [-0.25, -0.2) is 9.37 Å². The molecule has 1 unspecified atom stereocenters. The van der Waals surface area contributed by atoms with Crippen molar-refractivity contribution in [2.45, 2.75) is 32.4 Å². The highest BCUT2D eigenvalue weighted by Crippen LogP contribution is 2.17. The predicted molar refractivity (Wildman–Crippen MR) is 77.4 cm³/mol. The number of benzene rings is 1. The Morgan fingerprint density at radius 2 is 2.26 bits per heavy atom. The van der Waals surface area contributed by atoms with Crippen molar-refractivity contribution in [1.82, 2.24) is 9.55 Å². The summed E-state index contributed by atoms with van der Waals surface area (Å²) < 4.78 is 15.6. The van der Waals surface area contributed by atoms with Crippen molar-refractivity contribution in [3.05, 3.63) is 52.3 Å². The summed E-state index contributed by atoms with van der Waals surface area (Å²) in [5.41, 5.74) is 7.93. The average molecular weight is 326 g/mol. The Bertz CT molecular complexity index is 553. The summed E-state index contributed by atoms with van der Waals surface area (Å²) in [7, 11) is 0. The van der Waals surface area contributed by atoms with Crippen LogP contribution in [-0.4, -0.2) is 15.6 Å². The van der Waals surface area contributed by atoms with Gasteiger partial charge >= 0.3 is 0 Å². The van der Waals surface area contributed by atoms with Gasteiger partial charge in [-0.05, 0) is 40.0 Å². The number of imidazole rings is 1. The average Bonchev–Trinajstić information content (AvgIpc) is 2.81. The van der Waals surface area contributed by atoms with E-state index in [0.29, 0.717) is 11.0 Å². The number of rotatable bonds is 5. The van der Waals surface area contributed by atoms with Crippen LogP contribution in [0.1, 0.15) is 24.6 Å². The normalized spacial score (nSPS) is 12.6. The molecular weight excluding hydrogens is 309 g/mol. The number of halogens is 2. The molecule has 1 atom stereocenters. The maximum absolute atomic E-state index is 13.1. The molecule has 0 aliphatic rings. The van der Waals surface area contributed by atoms with Gasteiger partial charge in [0, 0.05) is 25.2 Å².